The van der Waals surface area contributed by atoms with Crippen molar-refractivity contribution < 1.29 is 9.18 Å². The standard InChI is InChI=1S/C14H18ClFN2O/c1-9(17)12-7-2-3-8-18(12)14(19)10-5-4-6-11(16)13(10)15/h4-6,9,12H,2-3,7-8,17H2,1H3/t9-,12-/m0/s1. The average Bonchev–Trinajstić information content (AvgIpc) is 2.41. The summed E-state index contributed by atoms with van der Waals surface area (Å²) in [6, 6.07) is 4.20. The Morgan fingerprint density at radius 1 is 1.53 bits per heavy atom. The summed E-state index contributed by atoms with van der Waals surface area (Å²) in [5, 5.41) is -0.110. The summed E-state index contributed by atoms with van der Waals surface area (Å²) in [4.78, 5) is 14.2. The Labute approximate surface area is 117 Å². The Morgan fingerprint density at radius 2 is 2.26 bits per heavy atom. The largest absolute Gasteiger partial charge is 0.334 e. The lowest BCUT2D eigenvalue weighted by Crippen LogP contribution is -2.51. The van der Waals surface area contributed by atoms with Gasteiger partial charge in [-0.25, -0.2) is 4.39 Å². The number of halogens is 2. The molecule has 19 heavy (non-hydrogen) atoms. The molecule has 2 rings (SSSR count). The number of carbonyl (C=O) groups excluding carboxylic acids is 1. The van der Waals surface area contributed by atoms with Crippen LogP contribution in [0.4, 0.5) is 4.39 Å². The van der Waals surface area contributed by atoms with Crippen LogP contribution < -0.4 is 5.73 Å². The third-order valence-corrected chi connectivity index (χ3v) is 3.98. The fraction of sp³-hybridized carbons (Fsp3) is 0.500. The van der Waals surface area contributed by atoms with E-state index in [2.05, 4.69) is 0 Å². The summed E-state index contributed by atoms with van der Waals surface area (Å²) >= 11 is 5.88. The molecule has 1 aromatic carbocycles. The zero-order valence-corrected chi connectivity index (χ0v) is 11.7. The maximum atomic E-state index is 13.4. The summed E-state index contributed by atoms with van der Waals surface area (Å²) in [6.45, 7) is 2.54. The van der Waals surface area contributed by atoms with Crippen LogP contribution in [0.25, 0.3) is 0 Å². The molecule has 1 heterocycles. The van der Waals surface area contributed by atoms with E-state index in [1.807, 2.05) is 6.92 Å². The maximum Gasteiger partial charge on any atom is 0.255 e. The lowest BCUT2D eigenvalue weighted by atomic mass is 9.96. The van der Waals surface area contributed by atoms with E-state index in [1.54, 1.807) is 11.0 Å². The van der Waals surface area contributed by atoms with E-state index in [9.17, 15) is 9.18 Å². The molecule has 0 saturated carbocycles. The molecule has 0 unspecified atom stereocenters. The summed E-state index contributed by atoms with van der Waals surface area (Å²) in [5.41, 5.74) is 6.16. The molecule has 0 spiro atoms. The van der Waals surface area contributed by atoms with Gasteiger partial charge in [-0.3, -0.25) is 4.79 Å². The number of hydrogen-bond acceptors (Lipinski definition) is 2. The van der Waals surface area contributed by atoms with Gasteiger partial charge in [0.2, 0.25) is 0 Å². The number of nitrogens with two attached hydrogens (primary N) is 1. The van der Waals surface area contributed by atoms with Crippen molar-refractivity contribution in [3.8, 4) is 0 Å². The molecule has 2 N–H and O–H groups in total. The minimum atomic E-state index is -0.568. The van der Waals surface area contributed by atoms with Crippen molar-refractivity contribution >= 4 is 17.5 Å². The summed E-state index contributed by atoms with van der Waals surface area (Å²) in [6.07, 6.45) is 2.89. The minimum Gasteiger partial charge on any atom is -0.334 e. The molecular formula is C14H18ClFN2O. The number of nitrogens with zero attached hydrogens (tertiary/aromatic N) is 1. The Kier molecular flexibility index (Phi) is 4.42. The predicted molar refractivity (Wildman–Crippen MR) is 73.7 cm³/mol. The van der Waals surface area contributed by atoms with Gasteiger partial charge in [0.1, 0.15) is 5.82 Å². The van der Waals surface area contributed by atoms with Gasteiger partial charge in [-0.05, 0) is 38.3 Å². The summed E-state index contributed by atoms with van der Waals surface area (Å²) < 4.78 is 13.4. The maximum absolute atomic E-state index is 13.4. The van der Waals surface area contributed by atoms with Crippen molar-refractivity contribution in [1.82, 2.24) is 4.90 Å². The Bertz CT molecular complexity index is 479. The molecule has 3 nitrogen and oxygen atoms in total. The van der Waals surface area contributed by atoms with E-state index < -0.39 is 5.82 Å². The summed E-state index contributed by atoms with van der Waals surface area (Å²) in [7, 11) is 0. The van der Waals surface area contributed by atoms with Crippen molar-refractivity contribution in [1.29, 1.82) is 0 Å². The van der Waals surface area contributed by atoms with E-state index >= 15 is 0 Å². The fourth-order valence-electron chi connectivity index (χ4n) is 2.58. The smallest absolute Gasteiger partial charge is 0.255 e. The fourth-order valence-corrected chi connectivity index (χ4v) is 2.79. The van der Waals surface area contributed by atoms with E-state index in [0.717, 1.165) is 19.3 Å². The molecule has 1 saturated heterocycles. The molecule has 0 radical (unpaired) electrons. The molecule has 0 aliphatic carbocycles. The van der Waals surface area contributed by atoms with E-state index in [1.165, 1.54) is 12.1 Å². The highest BCUT2D eigenvalue weighted by molar-refractivity contribution is 6.34. The van der Waals surface area contributed by atoms with Gasteiger partial charge in [-0.15, -0.1) is 0 Å². The number of hydrogen-bond donors (Lipinski definition) is 1. The van der Waals surface area contributed by atoms with Crippen molar-refractivity contribution in [2.24, 2.45) is 5.73 Å². The third-order valence-electron chi connectivity index (χ3n) is 3.60. The van der Waals surface area contributed by atoms with E-state index in [0.29, 0.717) is 6.54 Å². The molecule has 2 atom stereocenters. The highest BCUT2D eigenvalue weighted by Crippen LogP contribution is 2.26. The number of benzene rings is 1. The molecule has 1 aliphatic rings. The van der Waals surface area contributed by atoms with Gasteiger partial charge >= 0.3 is 0 Å². The SMILES string of the molecule is C[C@H](N)[C@@H]1CCCCN1C(=O)c1cccc(F)c1Cl. The molecule has 1 aliphatic heterocycles. The van der Waals surface area contributed by atoms with Crippen molar-refractivity contribution in [3.63, 3.8) is 0 Å². The van der Waals surface area contributed by atoms with Gasteiger partial charge in [0, 0.05) is 18.6 Å². The highest BCUT2D eigenvalue weighted by atomic mass is 35.5. The first-order valence-corrected chi connectivity index (χ1v) is 6.90. The van der Waals surface area contributed by atoms with E-state index in [4.69, 9.17) is 17.3 Å². The zero-order valence-electron chi connectivity index (χ0n) is 10.9. The van der Waals surface area contributed by atoms with Gasteiger partial charge in [0.25, 0.3) is 5.91 Å². The van der Waals surface area contributed by atoms with Gasteiger partial charge in [0.15, 0.2) is 0 Å². The molecule has 1 amide bonds. The van der Waals surface area contributed by atoms with Crippen LogP contribution in [-0.4, -0.2) is 29.4 Å². The molecule has 104 valence electrons. The first-order chi connectivity index (χ1) is 9.02. The third kappa shape index (κ3) is 2.90. The number of rotatable bonds is 2. The first-order valence-electron chi connectivity index (χ1n) is 6.53. The zero-order chi connectivity index (χ0) is 14.0. The summed E-state index contributed by atoms with van der Waals surface area (Å²) in [5.74, 6) is -0.798. The number of carbonyl (C=O) groups is 1. The first kappa shape index (κ1) is 14.3. The van der Waals surface area contributed by atoms with Crippen molar-refractivity contribution in [2.75, 3.05) is 6.54 Å². The van der Waals surface area contributed by atoms with Crippen molar-refractivity contribution in [3.05, 3.63) is 34.6 Å². The monoisotopic (exact) mass is 284 g/mol. The molecule has 1 fully saturated rings. The van der Waals surface area contributed by atoms with Crippen LogP contribution in [0.1, 0.15) is 36.5 Å². The van der Waals surface area contributed by atoms with Crippen LogP contribution in [0.5, 0.6) is 0 Å². The van der Waals surface area contributed by atoms with Gasteiger partial charge < -0.3 is 10.6 Å². The van der Waals surface area contributed by atoms with Gasteiger partial charge in [0.05, 0.1) is 10.6 Å². The molecule has 0 bridgehead atoms. The normalized spacial score (nSPS) is 21.3. The van der Waals surface area contributed by atoms with Gasteiger partial charge in [-0.1, -0.05) is 17.7 Å². The van der Waals surface area contributed by atoms with Crippen LogP contribution in [0.15, 0.2) is 18.2 Å². The second kappa shape index (κ2) is 5.88. The van der Waals surface area contributed by atoms with E-state index in [-0.39, 0.29) is 28.6 Å². The molecule has 0 aromatic heterocycles. The van der Waals surface area contributed by atoms with Crippen molar-refractivity contribution in [2.45, 2.75) is 38.3 Å². The lowest BCUT2D eigenvalue weighted by Gasteiger charge is -2.38. The van der Waals surface area contributed by atoms with Crippen LogP contribution in [0.2, 0.25) is 5.02 Å². The number of piperidine rings is 1. The minimum absolute atomic E-state index is 0.000541. The quantitative estimate of drug-likeness (QED) is 0.908. The predicted octanol–water partition coefficient (Wildman–Crippen LogP) is 2.82. The van der Waals surface area contributed by atoms with Crippen LogP contribution in [0, 0.1) is 5.82 Å². The number of likely N-dealkylation sites (tertiary alicyclic amines) is 1. The van der Waals surface area contributed by atoms with Gasteiger partial charge in [-0.2, -0.15) is 0 Å². The van der Waals surface area contributed by atoms with Crippen LogP contribution in [0.3, 0.4) is 0 Å². The second-order valence-electron chi connectivity index (χ2n) is 5.02. The molecule has 1 aromatic rings. The second-order valence-corrected chi connectivity index (χ2v) is 5.40. The average molecular weight is 285 g/mol. The Morgan fingerprint density at radius 3 is 2.95 bits per heavy atom. The lowest BCUT2D eigenvalue weighted by molar-refractivity contribution is 0.0583. The molecular weight excluding hydrogens is 267 g/mol. The Hall–Kier alpha value is -1.13. The van der Waals surface area contributed by atoms with Crippen LogP contribution in [-0.2, 0) is 0 Å². The Balaban J connectivity index is 2.29. The highest BCUT2D eigenvalue weighted by Gasteiger charge is 2.31. The number of amides is 1. The van der Waals surface area contributed by atoms with Crippen LogP contribution >= 0.6 is 11.6 Å². The topological polar surface area (TPSA) is 46.3 Å². The molecule has 5 heteroatoms.